The average molecular weight is 380 g/mol. The minimum atomic E-state index is -1.03. The van der Waals surface area contributed by atoms with Gasteiger partial charge < -0.3 is 19.3 Å². The summed E-state index contributed by atoms with van der Waals surface area (Å²) in [5, 5.41) is 10.4. The fourth-order valence-corrected chi connectivity index (χ4v) is 3.43. The molecule has 0 radical (unpaired) electrons. The number of aromatic nitrogens is 1. The first-order valence-corrected chi connectivity index (χ1v) is 8.88. The van der Waals surface area contributed by atoms with Crippen LogP contribution in [0.25, 0.3) is 10.9 Å². The molecule has 2 heterocycles. The van der Waals surface area contributed by atoms with Crippen molar-refractivity contribution in [1.82, 2.24) is 14.4 Å². The van der Waals surface area contributed by atoms with E-state index in [4.69, 9.17) is 16.3 Å². The van der Waals surface area contributed by atoms with Gasteiger partial charge in [0.25, 0.3) is 0 Å². The molecule has 0 saturated carbocycles. The molecule has 1 aromatic heterocycles. The number of hydrogen-bond acceptors (Lipinski definition) is 4. The number of carboxylic acid groups (broad SMARTS) is 1. The van der Waals surface area contributed by atoms with E-state index >= 15 is 0 Å². The van der Waals surface area contributed by atoms with E-state index in [-0.39, 0.29) is 18.0 Å². The van der Waals surface area contributed by atoms with Crippen LogP contribution in [0.4, 0.5) is 0 Å². The number of hydrogen-bond donors (Lipinski definition) is 1. The van der Waals surface area contributed by atoms with E-state index in [1.807, 2.05) is 4.90 Å². The predicted molar refractivity (Wildman–Crippen MR) is 98.8 cm³/mol. The minimum absolute atomic E-state index is 0.0137. The summed E-state index contributed by atoms with van der Waals surface area (Å²) in [6, 6.07) is 5.07. The monoisotopic (exact) mass is 379 g/mol. The standard InChI is InChI=1S/C18H22ClN3O4/c1-26-9-8-20-4-6-21(7-5-20)17(23)12-22-11-15(18(24)25)14-10-13(19)2-3-16(14)22/h2-3,10-11H,4-9,12H2,1H3,(H,24,25). The fourth-order valence-electron chi connectivity index (χ4n) is 3.26. The van der Waals surface area contributed by atoms with Crippen molar-refractivity contribution in [2.45, 2.75) is 6.54 Å². The third kappa shape index (κ3) is 4.00. The lowest BCUT2D eigenvalue weighted by Gasteiger charge is -2.34. The van der Waals surface area contributed by atoms with Gasteiger partial charge in [0.1, 0.15) is 6.54 Å². The van der Waals surface area contributed by atoms with Gasteiger partial charge in [0, 0.05) is 62.0 Å². The maximum absolute atomic E-state index is 12.7. The third-order valence-corrected chi connectivity index (χ3v) is 4.95. The van der Waals surface area contributed by atoms with Crippen LogP contribution in [-0.4, -0.2) is 77.8 Å². The molecular formula is C18H22ClN3O4. The smallest absolute Gasteiger partial charge is 0.337 e. The fraction of sp³-hybridized carbons (Fsp3) is 0.444. The van der Waals surface area contributed by atoms with Crippen molar-refractivity contribution in [3.8, 4) is 0 Å². The number of ether oxygens (including phenoxy) is 1. The highest BCUT2D eigenvalue weighted by atomic mass is 35.5. The zero-order chi connectivity index (χ0) is 18.7. The van der Waals surface area contributed by atoms with Gasteiger partial charge in [-0.1, -0.05) is 11.6 Å². The molecule has 2 aromatic rings. The molecular weight excluding hydrogens is 358 g/mol. The normalized spacial score (nSPS) is 15.5. The van der Waals surface area contributed by atoms with Gasteiger partial charge in [-0.25, -0.2) is 4.79 Å². The van der Waals surface area contributed by atoms with Crippen LogP contribution in [0.5, 0.6) is 0 Å². The van der Waals surface area contributed by atoms with E-state index < -0.39 is 5.97 Å². The van der Waals surface area contributed by atoms with E-state index in [1.54, 1.807) is 29.9 Å². The molecule has 1 aromatic carbocycles. The number of aromatic carboxylic acids is 1. The number of nitrogens with zero attached hydrogens (tertiary/aromatic N) is 3. The number of carbonyl (C=O) groups is 2. The van der Waals surface area contributed by atoms with Crippen molar-refractivity contribution in [2.24, 2.45) is 0 Å². The first-order valence-electron chi connectivity index (χ1n) is 8.50. The van der Waals surface area contributed by atoms with Crippen LogP contribution in [0.3, 0.4) is 0 Å². The van der Waals surface area contributed by atoms with Gasteiger partial charge in [-0.3, -0.25) is 9.69 Å². The summed E-state index contributed by atoms with van der Waals surface area (Å²) < 4.78 is 6.78. The van der Waals surface area contributed by atoms with Crippen LogP contribution < -0.4 is 0 Å². The van der Waals surface area contributed by atoms with E-state index in [2.05, 4.69) is 4.90 Å². The second kappa shape index (κ2) is 8.07. The Morgan fingerprint density at radius 3 is 2.62 bits per heavy atom. The number of amides is 1. The molecule has 1 N–H and O–H groups in total. The molecule has 7 nitrogen and oxygen atoms in total. The number of halogens is 1. The van der Waals surface area contributed by atoms with Gasteiger partial charge in [0.2, 0.25) is 5.91 Å². The summed E-state index contributed by atoms with van der Waals surface area (Å²) in [5.41, 5.74) is 0.846. The van der Waals surface area contributed by atoms with E-state index in [0.717, 1.165) is 19.6 Å². The largest absolute Gasteiger partial charge is 0.478 e. The van der Waals surface area contributed by atoms with E-state index in [9.17, 15) is 14.7 Å². The molecule has 3 rings (SSSR count). The number of carboxylic acids is 1. The highest BCUT2D eigenvalue weighted by Crippen LogP contribution is 2.25. The van der Waals surface area contributed by atoms with Crippen molar-refractivity contribution in [2.75, 3.05) is 46.4 Å². The molecule has 1 aliphatic heterocycles. The maximum Gasteiger partial charge on any atom is 0.337 e. The quantitative estimate of drug-likeness (QED) is 0.828. The molecule has 1 aliphatic rings. The first kappa shape index (κ1) is 18.7. The van der Waals surface area contributed by atoms with Gasteiger partial charge in [-0.2, -0.15) is 0 Å². The third-order valence-electron chi connectivity index (χ3n) is 4.72. The number of carbonyl (C=O) groups excluding carboxylic acids is 1. The Kier molecular flexibility index (Phi) is 5.80. The molecule has 8 heteroatoms. The zero-order valence-electron chi connectivity index (χ0n) is 14.7. The van der Waals surface area contributed by atoms with Crippen molar-refractivity contribution in [3.05, 3.63) is 35.0 Å². The summed E-state index contributed by atoms with van der Waals surface area (Å²) in [6.45, 7) is 4.63. The maximum atomic E-state index is 12.7. The second-order valence-electron chi connectivity index (χ2n) is 6.35. The Bertz CT molecular complexity index is 812. The molecule has 0 unspecified atom stereocenters. The summed E-state index contributed by atoms with van der Waals surface area (Å²) in [4.78, 5) is 28.2. The van der Waals surface area contributed by atoms with Gasteiger partial charge in [0.15, 0.2) is 0 Å². The predicted octanol–water partition coefficient (Wildman–Crippen LogP) is 1.78. The highest BCUT2D eigenvalue weighted by Gasteiger charge is 2.22. The lowest BCUT2D eigenvalue weighted by Crippen LogP contribution is -2.50. The van der Waals surface area contributed by atoms with Crippen molar-refractivity contribution < 1.29 is 19.4 Å². The topological polar surface area (TPSA) is 75.0 Å². The first-order chi connectivity index (χ1) is 12.5. The van der Waals surface area contributed by atoms with Crippen molar-refractivity contribution >= 4 is 34.4 Å². The molecule has 1 saturated heterocycles. The van der Waals surface area contributed by atoms with Crippen LogP contribution in [0.2, 0.25) is 5.02 Å². The lowest BCUT2D eigenvalue weighted by molar-refractivity contribution is -0.133. The van der Waals surface area contributed by atoms with Gasteiger partial charge >= 0.3 is 5.97 Å². The molecule has 1 amide bonds. The average Bonchev–Trinajstić information content (AvgIpc) is 2.98. The Morgan fingerprint density at radius 1 is 1.23 bits per heavy atom. The van der Waals surface area contributed by atoms with Crippen LogP contribution in [0.15, 0.2) is 24.4 Å². The minimum Gasteiger partial charge on any atom is -0.478 e. The van der Waals surface area contributed by atoms with Crippen molar-refractivity contribution in [3.63, 3.8) is 0 Å². The second-order valence-corrected chi connectivity index (χ2v) is 6.79. The molecule has 1 fully saturated rings. The van der Waals surface area contributed by atoms with Gasteiger partial charge in [-0.15, -0.1) is 0 Å². The summed E-state index contributed by atoms with van der Waals surface area (Å²) in [6.07, 6.45) is 1.51. The highest BCUT2D eigenvalue weighted by molar-refractivity contribution is 6.31. The number of methoxy groups -OCH3 is 1. The van der Waals surface area contributed by atoms with Crippen LogP contribution in [-0.2, 0) is 16.1 Å². The Balaban J connectivity index is 1.71. The zero-order valence-corrected chi connectivity index (χ0v) is 15.4. The molecule has 140 valence electrons. The lowest BCUT2D eigenvalue weighted by atomic mass is 10.2. The Morgan fingerprint density at radius 2 is 1.96 bits per heavy atom. The number of rotatable bonds is 6. The number of benzene rings is 1. The summed E-state index contributed by atoms with van der Waals surface area (Å²) in [7, 11) is 1.68. The summed E-state index contributed by atoms with van der Waals surface area (Å²) in [5.74, 6) is -1.05. The number of fused-ring (bicyclic) bond motifs is 1. The Hall–Kier alpha value is -2.09. The number of piperazine rings is 1. The summed E-state index contributed by atoms with van der Waals surface area (Å²) >= 11 is 5.99. The molecule has 0 spiro atoms. The van der Waals surface area contributed by atoms with Crippen LogP contribution in [0.1, 0.15) is 10.4 Å². The van der Waals surface area contributed by atoms with Crippen molar-refractivity contribution in [1.29, 1.82) is 0 Å². The van der Waals surface area contributed by atoms with Crippen LogP contribution in [0, 0.1) is 0 Å². The van der Waals surface area contributed by atoms with Gasteiger partial charge in [-0.05, 0) is 18.2 Å². The molecule has 0 atom stereocenters. The van der Waals surface area contributed by atoms with E-state index in [1.165, 1.54) is 6.20 Å². The van der Waals surface area contributed by atoms with E-state index in [0.29, 0.717) is 35.6 Å². The molecule has 26 heavy (non-hydrogen) atoms. The SMILES string of the molecule is COCCN1CCN(C(=O)Cn2cc(C(=O)O)c3cc(Cl)ccc32)CC1. The van der Waals surface area contributed by atoms with Crippen LogP contribution >= 0.6 is 11.6 Å². The molecule has 0 aliphatic carbocycles. The Labute approximate surface area is 156 Å². The molecule has 0 bridgehead atoms. The van der Waals surface area contributed by atoms with Gasteiger partial charge in [0.05, 0.1) is 12.2 Å².